The van der Waals surface area contributed by atoms with Crippen LogP contribution in [0.2, 0.25) is 0 Å². The standard InChI is InChI=1S/C20H24N2O3/c23-18(14-22-12-10-20(24)21-11-13-22)15-25-19-8-6-17(7-9-19)16-4-2-1-3-5-16/h1-9,18,23H,10-15H2,(H,21,24)/t18-/m1/s1. The SMILES string of the molecule is O=C1CCN(C[C@@H](O)COc2ccc(-c3ccccc3)cc2)CCN1. The third-order valence-corrected chi connectivity index (χ3v) is 4.28. The van der Waals surface area contributed by atoms with Gasteiger partial charge in [0.1, 0.15) is 18.5 Å². The maximum atomic E-state index is 11.3. The zero-order chi connectivity index (χ0) is 17.5. The predicted octanol–water partition coefficient (Wildman–Crippen LogP) is 1.92. The van der Waals surface area contributed by atoms with Crippen molar-refractivity contribution < 1.29 is 14.6 Å². The maximum absolute atomic E-state index is 11.3. The topological polar surface area (TPSA) is 61.8 Å². The van der Waals surface area contributed by atoms with Crippen molar-refractivity contribution in [1.29, 1.82) is 0 Å². The van der Waals surface area contributed by atoms with Crippen LogP contribution in [0.4, 0.5) is 0 Å². The number of aliphatic hydroxyl groups excluding tert-OH is 1. The van der Waals surface area contributed by atoms with Crippen LogP contribution in [0.5, 0.6) is 5.75 Å². The minimum Gasteiger partial charge on any atom is -0.491 e. The summed E-state index contributed by atoms with van der Waals surface area (Å²) in [5, 5.41) is 13.0. The van der Waals surface area contributed by atoms with Gasteiger partial charge in [-0.25, -0.2) is 0 Å². The molecule has 1 heterocycles. The van der Waals surface area contributed by atoms with Crippen LogP contribution in [0.25, 0.3) is 11.1 Å². The van der Waals surface area contributed by atoms with Crippen molar-refractivity contribution in [3.63, 3.8) is 0 Å². The van der Waals surface area contributed by atoms with Crippen molar-refractivity contribution in [3.8, 4) is 16.9 Å². The number of nitrogens with zero attached hydrogens (tertiary/aromatic N) is 1. The molecule has 0 saturated carbocycles. The smallest absolute Gasteiger partial charge is 0.221 e. The molecule has 5 nitrogen and oxygen atoms in total. The van der Waals surface area contributed by atoms with E-state index < -0.39 is 6.10 Å². The number of benzene rings is 2. The average Bonchev–Trinajstić information content (AvgIpc) is 2.85. The summed E-state index contributed by atoms with van der Waals surface area (Å²) in [5.74, 6) is 0.818. The Morgan fingerprint density at radius 1 is 1.04 bits per heavy atom. The molecule has 1 amide bonds. The van der Waals surface area contributed by atoms with Crippen LogP contribution in [-0.4, -0.2) is 54.8 Å². The molecule has 1 aliphatic heterocycles. The Labute approximate surface area is 148 Å². The minimum absolute atomic E-state index is 0.0757. The van der Waals surface area contributed by atoms with E-state index in [9.17, 15) is 9.90 Å². The van der Waals surface area contributed by atoms with Crippen molar-refractivity contribution in [3.05, 3.63) is 54.6 Å². The highest BCUT2D eigenvalue weighted by Gasteiger charge is 2.16. The van der Waals surface area contributed by atoms with Crippen LogP contribution in [0.1, 0.15) is 6.42 Å². The number of carbonyl (C=O) groups excluding carboxylic acids is 1. The molecule has 25 heavy (non-hydrogen) atoms. The molecule has 2 aromatic carbocycles. The number of ether oxygens (including phenoxy) is 1. The molecule has 1 saturated heterocycles. The van der Waals surface area contributed by atoms with Gasteiger partial charge < -0.3 is 15.2 Å². The average molecular weight is 340 g/mol. The molecular formula is C20H24N2O3. The molecule has 0 bridgehead atoms. The van der Waals surface area contributed by atoms with E-state index in [0.717, 1.165) is 17.9 Å². The summed E-state index contributed by atoms with van der Waals surface area (Å²) in [6.07, 6.45) is -0.101. The summed E-state index contributed by atoms with van der Waals surface area (Å²) in [5.41, 5.74) is 2.30. The lowest BCUT2D eigenvalue weighted by Crippen LogP contribution is -2.37. The first kappa shape index (κ1) is 17.5. The molecule has 0 unspecified atom stereocenters. The Balaban J connectivity index is 1.47. The molecule has 132 valence electrons. The highest BCUT2D eigenvalue weighted by atomic mass is 16.5. The fourth-order valence-corrected chi connectivity index (χ4v) is 2.91. The van der Waals surface area contributed by atoms with Gasteiger partial charge in [0, 0.05) is 32.6 Å². The van der Waals surface area contributed by atoms with E-state index in [2.05, 4.69) is 22.3 Å². The van der Waals surface area contributed by atoms with Gasteiger partial charge in [0.15, 0.2) is 0 Å². The number of carbonyl (C=O) groups is 1. The van der Waals surface area contributed by atoms with Gasteiger partial charge in [-0.05, 0) is 23.3 Å². The van der Waals surface area contributed by atoms with Gasteiger partial charge in [0.25, 0.3) is 0 Å². The van der Waals surface area contributed by atoms with Gasteiger partial charge >= 0.3 is 0 Å². The number of hydrogen-bond acceptors (Lipinski definition) is 4. The zero-order valence-electron chi connectivity index (χ0n) is 14.2. The van der Waals surface area contributed by atoms with E-state index >= 15 is 0 Å². The van der Waals surface area contributed by atoms with E-state index in [0.29, 0.717) is 26.1 Å². The largest absolute Gasteiger partial charge is 0.491 e. The third-order valence-electron chi connectivity index (χ3n) is 4.28. The number of nitrogens with one attached hydrogen (secondary N) is 1. The number of β-amino-alcohol motifs (C(OH)–C–C–N with tert-alkyl or cyclic N) is 1. The van der Waals surface area contributed by atoms with Gasteiger partial charge in [0.05, 0.1) is 0 Å². The molecule has 1 aliphatic rings. The molecular weight excluding hydrogens is 316 g/mol. The molecule has 0 aliphatic carbocycles. The van der Waals surface area contributed by atoms with Crippen LogP contribution in [0.3, 0.4) is 0 Å². The van der Waals surface area contributed by atoms with E-state index in [1.165, 1.54) is 5.56 Å². The number of amides is 1. The van der Waals surface area contributed by atoms with Crippen molar-refractivity contribution in [2.24, 2.45) is 0 Å². The lowest BCUT2D eigenvalue weighted by molar-refractivity contribution is -0.120. The summed E-state index contributed by atoms with van der Waals surface area (Å²) in [7, 11) is 0. The Morgan fingerprint density at radius 3 is 2.52 bits per heavy atom. The van der Waals surface area contributed by atoms with Crippen molar-refractivity contribution in [1.82, 2.24) is 10.2 Å². The Kier molecular flexibility index (Phi) is 6.04. The summed E-state index contributed by atoms with van der Waals surface area (Å²) in [4.78, 5) is 13.4. The Hall–Kier alpha value is -2.37. The second kappa shape index (κ2) is 8.65. The van der Waals surface area contributed by atoms with Gasteiger partial charge in [-0.15, -0.1) is 0 Å². The van der Waals surface area contributed by atoms with Crippen LogP contribution in [0.15, 0.2) is 54.6 Å². The Morgan fingerprint density at radius 2 is 1.76 bits per heavy atom. The van der Waals surface area contributed by atoms with Gasteiger partial charge in [-0.3, -0.25) is 9.69 Å². The van der Waals surface area contributed by atoms with Crippen LogP contribution < -0.4 is 10.1 Å². The van der Waals surface area contributed by atoms with Gasteiger partial charge in [-0.1, -0.05) is 42.5 Å². The van der Waals surface area contributed by atoms with E-state index in [4.69, 9.17) is 4.74 Å². The first-order chi connectivity index (χ1) is 12.2. The summed E-state index contributed by atoms with van der Waals surface area (Å²) >= 11 is 0. The molecule has 5 heteroatoms. The van der Waals surface area contributed by atoms with Crippen LogP contribution in [-0.2, 0) is 4.79 Å². The summed E-state index contributed by atoms with van der Waals surface area (Å²) in [6, 6.07) is 18.0. The van der Waals surface area contributed by atoms with E-state index in [-0.39, 0.29) is 12.5 Å². The highest BCUT2D eigenvalue weighted by molar-refractivity contribution is 5.76. The lowest BCUT2D eigenvalue weighted by atomic mass is 10.1. The fraction of sp³-hybridized carbons (Fsp3) is 0.350. The Bertz CT molecular complexity index is 673. The zero-order valence-corrected chi connectivity index (χ0v) is 14.2. The molecule has 0 radical (unpaired) electrons. The lowest BCUT2D eigenvalue weighted by Gasteiger charge is -2.22. The van der Waals surface area contributed by atoms with E-state index in [1.54, 1.807) is 0 Å². The molecule has 0 spiro atoms. The maximum Gasteiger partial charge on any atom is 0.221 e. The second-order valence-corrected chi connectivity index (χ2v) is 6.26. The molecule has 3 rings (SSSR count). The van der Waals surface area contributed by atoms with Gasteiger partial charge in [0.2, 0.25) is 5.91 Å². The molecule has 2 aromatic rings. The normalized spacial score (nSPS) is 16.8. The van der Waals surface area contributed by atoms with Crippen molar-refractivity contribution in [2.75, 3.05) is 32.8 Å². The van der Waals surface area contributed by atoms with E-state index in [1.807, 2.05) is 42.5 Å². The first-order valence-electron chi connectivity index (χ1n) is 8.66. The third kappa shape index (κ3) is 5.31. The predicted molar refractivity (Wildman–Crippen MR) is 97.4 cm³/mol. The quantitative estimate of drug-likeness (QED) is 0.843. The first-order valence-corrected chi connectivity index (χ1v) is 8.66. The molecule has 0 aromatic heterocycles. The summed E-state index contributed by atoms with van der Waals surface area (Å²) < 4.78 is 5.69. The number of rotatable bonds is 6. The monoisotopic (exact) mass is 340 g/mol. The second-order valence-electron chi connectivity index (χ2n) is 6.26. The van der Waals surface area contributed by atoms with Crippen molar-refractivity contribution >= 4 is 5.91 Å². The number of aliphatic hydroxyl groups is 1. The number of hydrogen-bond donors (Lipinski definition) is 2. The molecule has 2 N–H and O–H groups in total. The molecule has 1 atom stereocenters. The molecule has 1 fully saturated rings. The fourth-order valence-electron chi connectivity index (χ4n) is 2.91. The van der Waals surface area contributed by atoms with Crippen LogP contribution in [0, 0.1) is 0 Å². The van der Waals surface area contributed by atoms with Gasteiger partial charge in [-0.2, -0.15) is 0 Å². The highest BCUT2D eigenvalue weighted by Crippen LogP contribution is 2.22. The van der Waals surface area contributed by atoms with Crippen molar-refractivity contribution in [2.45, 2.75) is 12.5 Å². The summed E-state index contributed by atoms with van der Waals surface area (Å²) in [6.45, 7) is 2.82. The van der Waals surface area contributed by atoms with Crippen LogP contribution >= 0.6 is 0 Å². The minimum atomic E-state index is -0.581.